The Morgan fingerprint density at radius 1 is 1.33 bits per heavy atom. The number of nitrogens with one attached hydrogen (secondary N) is 1. The van der Waals surface area contributed by atoms with Crippen LogP contribution in [-0.4, -0.2) is 17.5 Å². The Hall–Kier alpha value is -0.570. The van der Waals surface area contributed by atoms with Gasteiger partial charge in [0, 0.05) is 6.04 Å². The second kappa shape index (κ2) is 3.78. The molecular formula is C12H22N2O. The van der Waals surface area contributed by atoms with Crippen molar-refractivity contribution in [2.24, 2.45) is 17.6 Å². The molecule has 3 nitrogen and oxygen atoms in total. The van der Waals surface area contributed by atoms with Crippen LogP contribution in [0, 0.1) is 11.8 Å². The third-order valence-electron chi connectivity index (χ3n) is 4.34. The van der Waals surface area contributed by atoms with E-state index in [4.69, 9.17) is 5.73 Å². The topological polar surface area (TPSA) is 55.1 Å². The Bertz CT molecular complexity index is 262. The first-order valence-electron chi connectivity index (χ1n) is 6.14. The Labute approximate surface area is 91.8 Å². The molecule has 0 aromatic carbocycles. The molecule has 0 aliphatic heterocycles. The molecule has 86 valence electrons. The van der Waals surface area contributed by atoms with Gasteiger partial charge in [0.2, 0.25) is 5.91 Å². The molecule has 15 heavy (non-hydrogen) atoms. The van der Waals surface area contributed by atoms with E-state index in [2.05, 4.69) is 19.2 Å². The fourth-order valence-corrected chi connectivity index (χ4v) is 2.88. The van der Waals surface area contributed by atoms with Gasteiger partial charge in [0.15, 0.2) is 0 Å². The van der Waals surface area contributed by atoms with Gasteiger partial charge in [-0.15, -0.1) is 0 Å². The van der Waals surface area contributed by atoms with Gasteiger partial charge < -0.3 is 11.1 Å². The first-order valence-corrected chi connectivity index (χ1v) is 6.14. The predicted octanol–water partition coefficient (Wildman–Crippen LogP) is 1.42. The lowest BCUT2D eigenvalue weighted by Crippen LogP contribution is -2.63. The summed E-state index contributed by atoms with van der Waals surface area (Å²) in [5.74, 6) is 0.815. The molecule has 0 bridgehead atoms. The largest absolute Gasteiger partial charge is 0.368 e. The van der Waals surface area contributed by atoms with Gasteiger partial charge in [-0.2, -0.15) is 0 Å². The van der Waals surface area contributed by atoms with E-state index in [9.17, 15) is 4.79 Å². The molecule has 3 atom stereocenters. The molecule has 2 fully saturated rings. The second-order valence-corrected chi connectivity index (χ2v) is 5.41. The molecule has 2 aliphatic carbocycles. The van der Waals surface area contributed by atoms with Gasteiger partial charge in [-0.05, 0) is 31.1 Å². The minimum atomic E-state index is -0.418. The molecule has 3 N–H and O–H groups in total. The van der Waals surface area contributed by atoms with Crippen LogP contribution in [0.1, 0.15) is 46.0 Å². The van der Waals surface area contributed by atoms with E-state index in [-0.39, 0.29) is 5.91 Å². The normalized spacial score (nSPS) is 41.5. The number of hydrogen-bond donors (Lipinski definition) is 2. The van der Waals surface area contributed by atoms with Crippen molar-refractivity contribution in [3.05, 3.63) is 0 Å². The molecule has 2 rings (SSSR count). The summed E-state index contributed by atoms with van der Waals surface area (Å²) in [6, 6.07) is 0.547. The first kappa shape index (κ1) is 10.9. The van der Waals surface area contributed by atoms with Crippen molar-refractivity contribution in [1.29, 1.82) is 0 Å². The number of hydrogen-bond acceptors (Lipinski definition) is 2. The highest BCUT2D eigenvalue weighted by atomic mass is 16.1. The van der Waals surface area contributed by atoms with Crippen LogP contribution in [0.2, 0.25) is 0 Å². The van der Waals surface area contributed by atoms with E-state index >= 15 is 0 Å². The third-order valence-corrected chi connectivity index (χ3v) is 4.34. The Morgan fingerprint density at radius 2 is 2.00 bits per heavy atom. The quantitative estimate of drug-likeness (QED) is 0.740. The minimum Gasteiger partial charge on any atom is -0.368 e. The van der Waals surface area contributed by atoms with Crippen LogP contribution in [0.15, 0.2) is 0 Å². The SMILES string of the molecule is CC1CCCC(NC2CC2)(C(N)=O)C1C. The number of carbonyl (C=O) groups excluding carboxylic acids is 1. The maximum absolute atomic E-state index is 11.8. The molecular weight excluding hydrogens is 188 g/mol. The van der Waals surface area contributed by atoms with Crippen molar-refractivity contribution in [2.75, 3.05) is 0 Å². The number of rotatable bonds is 3. The highest BCUT2D eigenvalue weighted by molar-refractivity contribution is 5.85. The van der Waals surface area contributed by atoms with E-state index in [1.54, 1.807) is 0 Å². The second-order valence-electron chi connectivity index (χ2n) is 5.41. The van der Waals surface area contributed by atoms with E-state index in [0.717, 1.165) is 12.8 Å². The summed E-state index contributed by atoms with van der Waals surface area (Å²) in [7, 11) is 0. The van der Waals surface area contributed by atoms with E-state index in [0.29, 0.717) is 17.9 Å². The van der Waals surface area contributed by atoms with Crippen LogP contribution >= 0.6 is 0 Å². The molecule has 0 spiro atoms. The molecule has 0 aromatic rings. The van der Waals surface area contributed by atoms with Crippen LogP contribution in [0.4, 0.5) is 0 Å². The lowest BCUT2D eigenvalue weighted by atomic mass is 9.68. The van der Waals surface area contributed by atoms with Crippen molar-refractivity contribution < 1.29 is 4.79 Å². The Balaban J connectivity index is 2.18. The summed E-state index contributed by atoms with van der Waals surface area (Å²) in [6.07, 6.45) is 5.67. The molecule has 0 heterocycles. The standard InChI is InChI=1S/C12H22N2O/c1-8-4-3-7-12(9(8)2,11(13)15)14-10-5-6-10/h8-10,14H,3-7H2,1-2H3,(H2,13,15). The fraction of sp³-hybridized carbons (Fsp3) is 0.917. The zero-order valence-electron chi connectivity index (χ0n) is 9.75. The summed E-state index contributed by atoms with van der Waals surface area (Å²) >= 11 is 0. The average Bonchev–Trinajstić information content (AvgIpc) is 2.96. The maximum atomic E-state index is 11.8. The van der Waals surface area contributed by atoms with Crippen molar-refractivity contribution in [3.8, 4) is 0 Å². The third kappa shape index (κ3) is 1.89. The lowest BCUT2D eigenvalue weighted by molar-refractivity contribution is -0.129. The van der Waals surface area contributed by atoms with Gasteiger partial charge in [-0.25, -0.2) is 0 Å². The number of amides is 1. The maximum Gasteiger partial charge on any atom is 0.238 e. The van der Waals surface area contributed by atoms with Crippen LogP contribution in [0.25, 0.3) is 0 Å². The van der Waals surface area contributed by atoms with Crippen molar-refractivity contribution >= 4 is 5.91 Å². The van der Waals surface area contributed by atoms with Gasteiger partial charge in [0.1, 0.15) is 5.54 Å². The Kier molecular flexibility index (Phi) is 2.75. The molecule has 3 unspecified atom stereocenters. The van der Waals surface area contributed by atoms with Gasteiger partial charge in [0.25, 0.3) is 0 Å². The summed E-state index contributed by atoms with van der Waals surface area (Å²) in [6.45, 7) is 4.40. The number of primary amides is 1. The number of carbonyl (C=O) groups is 1. The summed E-state index contributed by atoms with van der Waals surface area (Å²) < 4.78 is 0. The van der Waals surface area contributed by atoms with Gasteiger partial charge in [0.05, 0.1) is 0 Å². The van der Waals surface area contributed by atoms with Gasteiger partial charge >= 0.3 is 0 Å². The molecule has 2 aliphatic rings. The van der Waals surface area contributed by atoms with Crippen molar-refractivity contribution in [1.82, 2.24) is 5.32 Å². The van der Waals surface area contributed by atoms with Crippen LogP contribution in [0.5, 0.6) is 0 Å². The summed E-state index contributed by atoms with van der Waals surface area (Å²) in [4.78, 5) is 11.8. The molecule has 3 heteroatoms. The van der Waals surface area contributed by atoms with Crippen LogP contribution < -0.4 is 11.1 Å². The zero-order chi connectivity index (χ0) is 11.1. The van der Waals surface area contributed by atoms with Gasteiger partial charge in [-0.1, -0.05) is 26.7 Å². The fourth-order valence-electron chi connectivity index (χ4n) is 2.88. The minimum absolute atomic E-state index is 0.145. The lowest BCUT2D eigenvalue weighted by Gasteiger charge is -2.44. The zero-order valence-corrected chi connectivity index (χ0v) is 9.75. The van der Waals surface area contributed by atoms with E-state index < -0.39 is 5.54 Å². The van der Waals surface area contributed by atoms with E-state index in [1.807, 2.05) is 0 Å². The molecule has 0 aromatic heterocycles. The molecule has 0 radical (unpaired) electrons. The summed E-state index contributed by atoms with van der Waals surface area (Å²) in [5, 5.41) is 3.51. The van der Waals surface area contributed by atoms with Crippen molar-refractivity contribution in [3.63, 3.8) is 0 Å². The summed E-state index contributed by atoms with van der Waals surface area (Å²) in [5.41, 5.74) is 5.21. The molecule has 1 amide bonds. The van der Waals surface area contributed by atoms with E-state index in [1.165, 1.54) is 19.3 Å². The molecule has 0 saturated heterocycles. The van der Waals surface area contributed by atoms with Gasteiger partial charge in [-0.3, -0.25) is 4.79 Å². The molecule has 2 saturated carbocycles. The Morgan fingerprint density at radius 3 is 2.53 bits per heavy atom. The monoisotopic (exact) mass is 210 g/mol. The predicted molar refractivity (Wildman–Crippen MR) is 60.3 cm³/mol. The number of nitrogens with two attached hydrogens (primary N) is 1. The van der Waals surface area contributed by atoms with Crippen molar-refractivity contribution in [2.45, 2.75) is 57.5 Å². The van der Waals surface area contributed by atoms with Crippen LogP contribution in [0.3, 0.4) is 0 Å². The smallest absolute Gasteiger partial charge is 0.238 e. The highest BCUT2D eigenvalue weighted by Crippen LogP contribution is 2.39. The van der Waals surface area contributed by atoms with Crippen LogP contribution in [-0.2, 0) is 4.79 Å². The highest BCUT2D eigenvalue weighted by Gasteiger charge is 2.48. The average molecular weight is 210 g/mol. The first-order chi connectivity index (χ1) is 7.06.